The number of carbonyl (C=O) groups is 2. The van der Waals surface area contributed by atoms with E-state index in [1.165, 1.54) is 5.56 Å². The fraction of sp³-hybridized carbons (Fsp3) is 0.364. The van der Waals surface area contributed by atoms with Gasteiger partial charge in [-0.2, -0.15) is 0 Å². The normalized spacial score (nSPS) is 14.3. The molecule has 9 nitrogen and oxygen atoms in total. The molecule has 0 spiro atoms. The molecule has 0 radical (unpaired) electrons. The number of nitrogens with one attached hydrogen (secondary N) is 2. The number of nitrogens with zero attached hydrogens (tertiary/aromatic N) is 4. The van der Waals surface area contributed by atoms with Crippen molar-refractivity contribution in [1.29, 1.82) is 0 Å². The minimum Gasteiger partial charge on any atom is -0.383 e. The van der Waals surface area contributed by atoms with Gasteiger partial charge in [0, 0.05) is 67.5 Å². The summed E-state index contributed by atoms with van der Waals surface area (Å²) in [7, 11) is 3.28. The van der Waals surface area contributed by atoms with Crippen LogP contribution in [0.1, 0.15) is 48.5 Å². The molecule has 220 valence electrons. The number of fused-ring (bicyclic) bond motifs is 1. The third kappa shape index (κ3) is 6.48. The van der Waals surface area contributed by atoms with Gasteiger partial charge in [-0.1, -0.05) is 12.1 Å². The van der Waals surface area contributed by atoms with Gasteiger partial charge in [0.25, 0.3) is 5.91 Å². The van der Waals surface area contributed by atoms with E-state index in [0.717, 1.165) is 48.2 Å². The Hall–Kier alpha value is -4.21. The van der Waals surface area contributed by atoms with Crippen LogP contribution in [0, 0.1) is 0 Å². The van der Waals surface area contributed by atoms with Gasteiger partial charge in [-0.15, -0.1) is 0 Å². The number of anilines is 3. The minimum absolute atomic E-state index is 0.190. The second-order valence-electron chi connectivity index (χ2n) is 11.0. The number of benzene rings is 2. The Kier molecular flexibility index (Phi) is 9.19. The van der Waals surface area contributed by atoms with Crippen molar-refractivity contribution < 1.29 is 14.3 Å². The van der Waals surface area contributed by atoms with E-state index in [1.54, 1.807) is 31.1 Å². The Labute approximate surface area is 247 Å². The number of rotatable bonds is 9. The maximum absolute atomic E-state index is 13.1. The van der Waals surface area contributed by atoms with Gasteiger partial charge in [0.2, 0.25) is 0 Å². The summed E-state index contributed by atoms with van der Waals surface area (Å²) in [5, 5.41) is 6.57. The van der Waals surface area contributed by atoms with Crippen LogP contribution in [0.15, 0.2) is 73.1 Å². The van der Waals surface area contributed by atoms with Crippen LogP contribution in [-0.4, -0.2) is 72.8 Å². The van der Waals surface area contributed by atoms with Crippen molar-refractivity contribution in [3.63, 3.8) is 0 Å². The summed E-state index contributed by atoms with van der Waals surface area (Å²) >= 11 is 0. The van der Waals surface area contributed by atoms with Crippen molar-refractivity contribution in [1.82, 2.24) is 19.8 Å². The van der Waals surface area contributed by atoms with Crippen LogP contribution in [0.5, 0.6) is 0 Å². The molecule has 3 heterocycles. The van der Waals surface area contributed by atoms with E-state index >= 15 is 0 Å². The summed E-state index contributed by atoms with van der Waals surface area (Å²) in [6.07, 6.45) is 5.74. The number of pyridine rings is 1. The molecule has 1 aliphatic heterocycles. The lowest BCUT2D eigenvalue weighted by Crippen LogP contribution is -2.37. The van der Waals surface area contributed by atoms with E-state index in [2.05, 4.69) is 51.4 Å². The molecule has 1 saturated heterocycles. The van der Waals surface area contributed by atoms with Gasteiger partial charge in [0.05, 0.1) is 12.1 Å². The van der Waals surface area contributed by atoms with Crippen molar-refractivity contribution in [2.75, 3.05) is 50.6 Å². The van der Waals surface area contributed by atoms with Crippen molar-refractivity contribution >= 4 is 40.0 Å². The fourth-order valence-corrected chi connectivity index (χ4v) is 5.69. The maximum Gasteiger partial charge on any atom is 0.325 e. The molecular weight excluding hydrogens is 528 g/mol. The maximum atomic E-state index is 13.1. The summed E-state index contributed by atoms with van der Waals surface area (Å²) in [6, 6.07) is 20.0. The summed E-state index contributed by atoms with van der Waals surface area (Å²) < 4.78 is 6.97. The zero-order valence-corrected chi connectivity index (χ0v) is 24.8. The molecule has 2 N–H and O–H groups in total. The Morgan fingerprint density at radius 1 is 1.02 bits per heavy atom. The molecule has 5 rings (SSSR count). The molecule has 0 atom stereocenters. The van der Waals surface area contributed by atoms with E-state index < -0.39 is 0 Å². The Bertz CT molecular complexity index is 1520. The van der Waals surface area contributed by atoms with Crippen LogP contribution in [-0.2, 0) is 4.74 Å². The van der Waals surface area contributed by atoms with E-state index in [9.17, 15) is 9.59 Å². The number of aromatic nitrogens is 2. The molecule has 2 amide bonds. The number of hydrogen-bond donors (Lipinski definition) is 2. The highest BCUT2D eigenvalue weighted by Gasteiger charge is 2.22. The van der Waals surface area contributed by atoms with Gasteiger partial charge < -0.3 is 25.2 Å². The molecule has 0 unspecified atom stereocenters. The molecule has 9 heteroatoms. The third-order valence-electron chi connectivity index (χ3n) is 8.14. The number of amides is 2. The highest BCUT2D eigenvalue weighted by Crippen LogP contribution is 2.31. The van der Waals surface area contributed by atoms with Crippen LogP contribution in [0.3, 0.4) is 0 Å². The molecule has 0 saturated carbocycles. The van der Waals surface area contributed by atoms with E-state index in [0.29, 0.717) is 36.5 Å². The largest absolute Gasteiger partial charge is 0.383 e. The van der Waals surface area contributed by atoms with Crippen LogP contribution in [0.25, 0.3) is 10.9 Å². The number of hydrogen-bond acceptors (Lipinski definition) is 6. The first kappa shape index (κ1) is 29.3. The monoisotopic (exact) mass is 568 g/mol. The summed E-state index contributed by atoms with van der Waals surface area (Å²) in [5.74, 6) is 0.813. The number of likely N-dealkylation sites (tertiary alicyclic amines) is 1. The summed E-state index contributed by atoms with van der Waals surface area (Å²) in [4.78, 5) is 34.4. The Balaban J connectivity index is 1.30. The Morgan fingerprint density at radius 2 is 1.76 bits per heavy atom. The SMILES string of the molecule is CNC(=O)n1ccc2cc(N(CCOC)c3ccnc(NC(=O)c4ccc(C5CCN(C(C)C)CC5)cc4)c3)ccc21. The number of carbonyl (C=O) groups excluding carboxylic acids is 2. The minimum atomic E-state index is -0.193. The predicted octanol–water partition coefficient (Wildman–Crippen LogP) is 5.85. The van der Waals surface area contributed by atoms with Crippen LogP contribution >= 0.6 is 0 Å². The standard InChI is InChI=1S/C33H40N6O3/c1-23(2)37-16-12-25(13-17-37)24-5-7-26(8-6-24)32(40)36-31-22-29(11-15-35-31)38(19-20-42-4)28-9-10-30-27(21-28)14-18-39(30)33(41)34-3/h5-11,14-15,18,21-23,25H,12-13,16-17,19-20H2,1-4H3,(H,34,41)(H,35,36,40). The van der Waals surface area contributed by atoms with Gasteiger partial charge in [-0.25, -0.2) is 9.78 Å². The first-order chi connectivity index (χ1) is 20.4. The lowest BCUT2D eigenvalue weighted by atomic mass is 9.88. The van der Waals surface area contributed by atoms with Gasteiger partial charge in [0.1, 0.15) is 5.82 Å². The first-order valence-corrected chi connectivity index (χ1v) is 14.6. The number of methoxy groups -OCH3 is 1. The predicted molar refractivity (Wildman–Crippen MR) is 168 cm³/mol. The highest BCUT2D eigenvalue weighted by atomic mass is 16.5. The summed E-state index contributed by atoms with van der Waals surface area (Å²) in [6.45, 7) is 7.83. The van der Waals surface area contributed by atoms with E-state index in [4.69, 9.17) is 4.74 Å². The summed E-state index contributed by atoms with van der Waals surface area (Å²) in [5.41, 5.74) is 4.52. The van der Waals surface area contributed by atoms with Gasteiger partial charge >= 0.3 is 6.03 Å². The molecule has 2 aromatic carbocycles. The second kappa shape index (κ2) is 13.2. The van der Waals surface area contributed by atoms with Crippen LogP contribution in [0.2, 0.25) is 0 Å². The van der Waals surface area contributed by atoms with E-state index in [-0.39, 0.29) is 11.9 Å². The fourth-order valence-electron chi connectivity index (χ4n) is 5.69. The molecule has 42 heavy (non-hydrogen) atoms. The average molecular weight is 569 g/mol. The lowest BCUT2D eigenvalue weighted by molar-refractivity contribution is 0.102. The van der Waals surface area contributed by atoms with Gasteiger partial charge in [-0.3, -0.25) is 9.36 Å². The zero-order chi connectivity index (χ0) is 29.6. The molecule has 2 aromatic heterocycles. The van der Waals surface area contributed by atoms with Crippen molar-refractivity contribution in [2.45, 2.75) is 38.6 Å². The van der Waals surface area contributed by atoms with Crippen molar-refractivity contribution in [2.24, 2.45) is 0 Å². The highest BCUT2D eigenvalue weighted by molar-refractivity contribution is 6.04. The van der Waals surface area contributed by atoms with Crippen molar-refractivity contribution in [3.8, 4) is 0 Å². The molecular formula is C33H40N6O3. The molecule has 1 fully saturated rings. The second-order valence-corrected chi connectivity index (χ2v) is 11.0. The quantitative estimate of drug-likeness (QED) is 0.263. The smallest absolute Gasteiger partial charge is 0.325 e. The lowest BCUT2D eigenvalue weighted by Gasteiger charge is -2.34. The average Bonchev–Trinajstić information content (AvgIpc) is 3.45. The zero-order valence-electron chi connectivity index (χ0n) is 24.8. The molecule has 0 aliphatic carbocycles. The number of ether oxygens (including phenoxy) is 1. The topological polar surface area (TPSA) is 91.7 Å². The van der Waals surface area contributed by atoms with Crippen molar-refractivity contribution in [3.05, 3.63) is 84.2 Å². The Morgan fingerprint density at radius 3 is 2.45 bits per heavy atom. The first-order valence-electron chi connectivity index (χ1n) is 14.6. The van der Waals surface area contributed by atoms with E-state index in [1.807, 2.05) is 48.5 Å². The molecule has 0 bridgehead atoms. The molecule has 4 aromatic rings. The molecule has 1 aliphatic rings. The van der Waals surface area contributed by atoms with Crippen LogP contribution < -0.4 is 15.5 Å². The number of piperidine rings is 1. The van der Waals surface area contributed by atoms with Gasteiger partial charge in [-0.05, 0) is 93.7 Å². The third-order valence-corrected chi connectivity index (χ3v) is 8.14. The van der Waals surface area contributed by atoms with Crippen LogP contribution in [0.4, 0.5) is 22.0 Å². The van der Waals surface area contributed by atoms with Gasteiger partial charge in [0.15, 0.2) is 0 Å².